The molecule has 1 amide bonds. The van der Waals surface area contributed by atoms with E-state index in [1.54, 1.807) is 0 Å². The summed E-state index contributed by atoms with van der Waals surface area (Å²) >= 11 is 0. The first-order valence-corrected chi connectivity index (χ1v) is 15.3. The van der Waals surface area contributed by atoms with E-state index in [-0.39, 0.29) is 6.09 Å². The maximum absolute atomic E-state index is 12.1. The molecular formula is C33H65NO2. The van der Waals surface area contributed by atoms with Gasteiger partial charge in [0.15, 0.2) is 0 Å². The number of carbonyl (C=O) groups excluding carboxylic acids is 1. The third-order valence-corrected chi connectivity index (χ3v) is 8.65. The molecule has 1 aliphatic carbocycles. The van der Waals surface area contributed by atoms with E-state index in [1.807, 2.05) is 25.7 Å². The molecule has 1 saturated carbocycles. The van der Waals surface area contributed by atoms with Gasteiger partial charge in [-0.3, -0.25) is 0 Å². The molecule has 3 heteroatoms. The summed E-state index contributed by atoms with van der Waals surface area (Å²) in [4.78, 5) is 14.0. The van der Waals surface area contributed by atoms with Crippen LogP contribution in [-0.4, -0.2) is 29.7 Å². The number of carbonyl (C=O) groups is 1. The number of ether oxygens (including phenoxy) is 1. The van der Waals surface area contributed by atoms with Crippen LogP contribution in [0.15, 0.2) is 0 Å². The van der Waals surface area contributed by atoms with Crippen LogP contribution in [0.3, 0.4) is 0 Å². The summed E-state index contributed by atoms with van der Waals surface area (Å²) in [6, 6.07) is 0. The first kappa shape index (κ1) is 33.3. The first-order chi connectivity index (χ1) is 16.3. The Morgan fingerprint density at radius 2 is 1.25 bits per heavy atom. The summed E-state index contributed by atoms with van der Waals surface area (Å²) in [5.74, 6) is 4.88. The molecule has 0 spiro atoms. The van der Waals surface area contributed by atoms with E-state index in [0.717, 1.165) is 43.7 Å². The lowest BCUT2D eigenvalue weighted by Gasteiger charge is -2.44. The standard InChI is InChI=1S/C18H35NO2.C15H30/c1-13(2)15(17(3,4)5)14-9-11-19(12-10-14)16(20)21-18(6,7)8;1-12(2)14(15(3,4)5)11-13-9-7-6-8-10-13/h13-15H,9-12H2,1-8H3;12-14H,6-11H2,1-5H3. The molecule has 0 aromatic heterocycles. The molecular weight excluding hydrogens is 442 g/mol. The smallest absolute Gasteiger partial charge is 0.410 e. The van der Waals surface area contributed by atoms with E-state index in [2.05, 4.69) is 69.2 Å². The van der Waals surface area contributed by atoms with Crippen LogP contribution < -0.4 is 0 Å². The molecule has 2 rings (SSSR count). The quantitative estimate of drug-likeness (QED) is 0.370. The molecule has 0 aromatic carbocycles. The van der Waals surface area contributed by atoms with Gasteiger partial charge < -0.3 is 9.64 Å². The van der Waals surface area contributed by atoms with Gasteiger partial charge in [0.2, 0.25) is 0 Å². The third-order valence-electron chi connectivity index (χ3n) is 8.65. The lowest BCUT2D eigenvalue weighted by Crippen LogP contribution is -2.45. The van der Waals surface area contributed by atoms with Gasteiger partial charge in [0.25, 0.3) is 0 Å². The van der Waals surface area contributed by atoms with Gasteiger partial charge in [0.1, 0.15) is 5.60 Å². The molecule has 3 nitrogen and oxygen atoms in total. The van der Waals surface area contributed by atoms with Crippen molar-refractivity contribution in [2.24, 2.45) is 46.3 Å². The van der Waals surface area contributed by atoms with Gasteiger partial charge in [-0.25, -0.2) is 4.79 Å². The summed E-state index contributed by atoms with van der Waals surface area (Å²) in [7, 11) is 0. The highest BCUT2D eigenvalue weighted by Crippen LogP contribution is 2.42. The molecule has 2 aliphatic rings. The van der Waals surface area contributed by atoms with Crippen molar-refractivity contribution in [2.75, 3.05) is 13.1 Å². The number of amides is 1. The highest BCUT2D eigenvalue weighted by atomic mass is 16.6. The number of hydrogen-bond donors (Lipinski definition) is 0. The zero-order valence-electron chi connectivity index (χ0n) is 26.8. The normalized spacial score (nSPS) is 20.7. The lowest BCUT2D eigenvalue weighted by atomic mass is 9.65. The Morgan fingerprint density at radius 3 is 1.61 bits per heavy atom. The number of nitrogens with zero attached hydrogens (tertiary/aromatic N) is 1. The molecule has 214 valence electrons. The zero-order chi connectivity index (χ0) is 27.9. The summed E-state index contributed by atoms with van der Waals surface area (Å²) in [5.41, 5.74) is 0.415. The van der Waals surface area contributed by atoms with Crippen LogP contribution in [0.1, 0.15) is 141 Å². The molecule has 0 aromatic rings. The van der Waals surface area contributed by atoms with Crippen LogP contribution >= 0.6 is 0 Å². The molecule has 0 N–H and O–H groups in total. The maximum atomic E-state index is 12.1. The van der Waals surface area contributed by atoms with Gasteiger partial charge in [-0.2, -0.15) is 0 Å². The fraction of sp³-hybridized carbons (Fsp3) is 0.970. The van der Waals surface area contributed by atoms with Crippen molar-refractivity contribution in [3.05, 3.63) is 0 Å². The van der Waals surface area contributed by atoms with Gasteiger partial charge in [0.05, 0.1) is 0 Å². The van der Waals surface area contributed by atoms with Crippen LogP contribution in [0.5, 0.6) is 0 Å². The maximum Gasteiger partial charge on any atom is 0.410 e. The van der Waals surface area contributed by atoms with Gasteiger partial charge in [-0.05, 0) is 86.4 Å². The molecule has 2 fully saturated rings. The van der Waals surface area contributed by atoms with Crippen molar-refractivity contribution in [3.8, 4) is 0 Å². The highest BCUT2D eigenvalue weighted by Gasteiger charge is 2.37. The first-order valence-electron chi connectivity index (χ1n) is 15.3. The second-order valence-corrected chi connectivity index (χ2v) is 15.9. The van der Waals surface area contributed by atoms with Gasteiger partial charge in [-0.1, -0.05) is 101 Å². The van der Waals surface area contributed by atoms with Gasteiger partial charge in [0, 0.05) is 13.1 Å². The molecule has 0 radical (unpaired) electrons. The fourth-order valence-electron chi connectivity index (χ4n) is 7.43. The monoisotopic (exact) mass is 508 g/mol. The minimum Gasteiger partial charge on any atom is -0.444 e. The minimum absolute atomic E-state index is 0.155. The van der Waals surface area contributed by atoms with Crippen LogP contribution in [0.2, 0.25) is 0 Å². The Kier molecular flexibility index (Phi) is 12.8. The second-order valence-electron chi connectivity index (χ2n) is 15.9. The summed E-state index contributed by atoms with van der Waals surface area (Å²) in [5, 5.41) is 0. The Balaban J connectivity index is 0.000000381. The van der Waals surface area contributed by atoms with Crippen LogP contribution in [0.25, 0.3) is 0 Å². The minimum atomic E-state index is -0.403. The second kappa shape index (κ2) is 13.9. The van der Waals surface area contributed by atoms with E-state index in [1.165, 1.54) is 38.5 Å². The Labute approximate surface area is 226 Å². The summed E-state index contributed by atoms with van der Waals surface area (Å²) < 4.78 is 5.47. The van der Waals surface area contributed by atoms with Crippen molar-refractivity contribution < 1.29 is 9.53 Å². The van der Waals surface area contributed by atoms with Crippen molar-refractivity contribution in [2.45, 2.75) is 147 Å². The van der Waals surface area contributed by atoms with E-state index in [0.29, 0.717) is 28.6 Å². The van der Waals surface area contributed by atoms with Gasteiger partial charge in [-0.15, -0.1) is 0 Å². The molecule has 0 bridgehead atoms. The van der Waals surface area contributed by atoms with Crippen molar-refractivity contribution in [1.82, 2.24) is 4.90 Å². The number of hydrogen-bond acceptors (Lipinski definition) is 2. The van der Waals surface area contributed by atoms with Crippen LogP contribution in [-0.2, 0) is 4.74 Å². The van der Waals surface area contributed by atoms with Gasteiger partial charge >= 0.3 is 6.09 Å². The highest BCUT2D eigenvalue weighted by molar-refractivity contribution is 5.68. The Bertz CT molecular complexity index is 618. The molecule has 36 heavy (non-hydrogen) atoms. The molecule has 1 saturated heterocycles. The number of piperidine rings is 1. The summed E-state index contributed by atoms with van der Waals surface area (Å²) in [6.45, 7) is 31.2. The third kappa shape index (κ3) is 11.8. The molecule has 1 aliphatic heterocycles. The van der Waals surface area contributed by atoms with Crippen molar-refractivity contribution >= 4 is 6.09 Å². The largest absolute Gasteiger partial charge is 0.444 e. The van der Waals surface area contributed by atoms with Crippen molar-refractivity contribution in [3.63, 3.8) is 0 Å². The summed E-state index contributed by atoms with van der Waals surface area (Å²) in [6.07, 6.45) is 11.0. The van der Waals surface area contributed by atoms with Crippen LogP contribution in [0, 0.1) is 46.3 Å². The SMILES string of the molecule is CC(C)C(C1CCN(C(=O)OC(C)(C)C)CC1)C(C)(C)C.CC(C)C(CC1CCCCC1)C(C)(C)C. The van der Waals surface area contributed by atoms with E-state index >= 15 is 0 Å². The Morgan fingerprint density at radius 1 is 0.750 bits per heavy atom. The fourth-order valence-corrected chi connectivity index (χ4v) is 7.43. The molecule has 1 heterocycles. The topological polar surface area (TPSA) is 29.5 Å². The number of rotatable bonds is 5. The predicted octanol–water partition coefficient (Wildman–Crippen LogP) is 10.2. The molecule has 2 unspecified atom stereocenters. The lowest BCUT2D eigenvalue weighted by molar-refractivity contribution is 0.00700. The van der Waals surface area contributed by atoms with E-state index < -0.39 is 5.60 Å². The average Bonchev–Trinajstić information content (AvgIpc) is 2.70. The zero-order valence-corrected chi connectivity index (χ0v) is 26.8. The van der Waals surface area contributed by atoms with Crippen LogP contribution in [0.4, 0.5) is 4.79 Å². The van der Waals surface area contributed by atoms with Crippen molar-refractivity contribution in [1.29, 1.82) is 0 Å². The average molecular weight is 508 g/mol. The Hall–Kier alpha value is -0.730. The predicted molar refractivity (Wildman–Crippen MR) is 157 cm³/mol. The number of likely N-dealkylation sites (tertiary alicyclic amines) is 1. The molecule has 2 atom stereocenters. The van der Waals surface area contributed by atoms with E-state index in [4.69, 9.17) is 4.74 Å². The van der Waals surface area contributed by atoms with E-state index in [9.17, 15) is 4.79 Å².